The Bertz CT molecular complexity index is 316. The molecule has 0 aromatic heterocycles. The summed E-state index contributed by atoms with van der Waals surface area (Å²) in [6.07, 6.45) is 4.05. The molecule has 2 saturated heterocycles. The molecule has 3 heteroatoms. The van der Waals surface area contributed by atoms with Crippen molar-refractivity contribution >= 4 is 0 Å². The molecule has 0 aromatic carbocycles. The highest BCUT2D eigenvalue weighted by atomic mass is 16.5. The summed E-state index contributed by atoms with van der Waals surface area (Å²) < 4.78 is 12.3. The van der Waals surface area contributed by atoms with Crippen molar-refractivity contribution < 1.29 is 9.47 Å². The van der Waals surface area contributed by atoms with Gasteiger partial charge in [0.15, 0.2) is 0 Å². The zero-order valence-corrected chi connectivity index (χ0v) is 13.6. The molecule has 2 heterocycles. The Morgan fingerprint density at radius 1 is 1.11 bits per heavy atom. The van der Waals surface area contributed by atoms with E-state index < -0.39 is 0 Å². The van der Waals surface area contributed by atoms with Gasteiger partial charge in [0.05, 0.1) is 23.9 Å². The van der Waals surface area contributed by atoms with Crippen LogP contribution in [-0.4, -0.2) is 47.4 Å². The zero-order chi connectivity index (χ0) is 14.3. The predicted octanol–water partition coefficient (Wildman–Crippen LogP) is 3.22. The van der Waals surface area contributed by atoms with E-state index in [1.807, 2.05) is 0 Å². The van der Waals surface area contributed by atoms with E-state index in [1.54, 1.807) is 0 Å². The van der Waals surface area contributed by atoms with Gasteiger partial charge in [-0.1, -0.05) is 0 Å². The maximum absolute atomic E-state index is 6.19. The lowest BCUT2D eigenvalue weighted by molar-refractivity contribution is -0.0644. The maximum atomic E-state index is 6.19. The van der Waals surface area contributed by atoms with Gasteiger partial charge in [0, 0.05) is 12.1 Å². The van der Waals surface area contributed by atoms with E-state index in [2.05, 4.69) is 46.4 Å². The third kappa shape index (κ3) is 3.93. The first-order chi connectivity index (χ1) is 8.60. The third-order valence-corrected chi connectivity index (χ3v) is 4.07. The molecule has 2 rings (SSSR count). The summed E-state index contributed by atoms with van der Waals surface area (Å²) in [6, 6.07) is 0. The fourth-order valence-corrected chi connectivity index (χ4v) is 3.40. The van der Waals surface area contributed by atoms with Gasteiger partial charge in [0.25, 0.3) is 0 Å². The maximum Gasteiger partial charge on any atom is 0.0727 e. The Morgan fingerprint density at radius 2 is 1.79 bits per heavy atom. The second-order valence-corrected chi connectivity index (χ2v) is 8.23. The van der Waals surface area contributed by atoms with Crippen LogP contribution in [0.2, 0.25) is 0 Å². The molecular formula is C16H31NO2. The van der Waals surface area contributed by atoms with Gasteiger partial charge < -0.3 is 9.47 Å². The van der Waals surface area contributed by atoms with Crippen molar-refractivity contribution in [2.24, 2.45) is 0 Å². The average Bonchev–Trinajstić information content (AvgIpc) is 2.67. The lowest BCUT2D eigenvalue weighted by Crippen LogP contribution is -2.44. The normalized spacial score (nSPS) is 32.8. The van der Waals surface area contributed by atoms with Crippen LogP contribution in [0.25, 0.3) is 0 Å². The van der Waals surface area contributed by atoms with Crippen LogP contribution in [-0.2, 0) is 9.47 Å². The SMILES string of the molecule is CC(C)(C)OC[C@@]12CCCN1C[C@@H](OC(C)(C)C)C2. The van der Waals surface area contributed by atoms with E-state index in [0.29, 0.717) is 6.10 Å². The van der Waals surface area contributed by atoms with Crippen molar-refractivity contribution in [3.8, 4) is 0 Å². The van der Waals surface area contributed by atoms with Crippen molar-refractivity contribution in [1.82, 2.24) is 4.90 Å². The van der Waals surface area contributed by atoms with E-state index >= 15 is 0 Å². The third-order valence-electron chi connectivity index (χ3n) is 4.07. The van der Waals surface area contributed by atoms with Crippen molar-refractivity contribution in [3.05, 3.63) is 0 Å². The Labute approximate surface area is 118 Å². The molecule has 3 nitrogen and oxygen atoms in total. The fraction of sp³-hybridized carbons (Fsp3) is 1.00. The fourth-order valence-electron chi connectivity index (χ4n) is 3.40. The monoisotopic (exact) mass is 269 g/mol. The van der Waals surface area contributed by atoms with Gasteiger partial charge in [-0.2, -0.15) is 0 Å². The minimum absolute atomic E-state index is 0.0451. The van der Waals surface area contributed by atoms with Gasteiger partial charge in [-0.3, -0.25) is 4.90 Å². The lowest BCUT2D eigenvalue weighted by atomic mass is 9.94. The molecule has 112 valence electrons. The number of rotatable bonds is 3. The molecule has 0 aromatic rings. The summed E-state index contributed by atoms with van der Waals surface area (Å²) in [5.74, 6) is 0. The van der Waals surface area contributed by atoms with Crippen LogP contribution >= 0.6 is 0 Å². The summed E-state index contributed by atoms with van der Waals surface area (Å²) >= 11 is 0. The first-order valence-electron chi connectivity index (χ1n) is 7.67. The van der Waals surface area contributed by atoms with Crippen LogP contribution in [0.5, 0.6) is 0 Å². The van der Waals surface area contributed by atoms with Crippen LogP contribution < -0.4 is 0 Å². The van der Waals surface area contributed by atoms with Gasteiger partial charge in [-0.15, -0.1) is 0 Å². The predicted molar refractivity (Wildman–Crippen MR) is 78.5 cm³/mol. The Balaban J connectivity index is 1.98. The van der Waals surface area contributed by atoms with Gasteiger partial charge in [-0.25, -0.2) is 0 Å². The van der Waals surface area contributed by atoms with E-state index in [1.165, 1.54) is 19.4 Å². The second-order valence-electron chi connectivity index (χ2n) is 8.23. The Kier molecular flexibility index (Phi) is 4.03. The lowest BCUT2D eigenvalue weighted by Gasteiger charge is -2.34. The molecule has 2 fully saturated rings. The summed E-state index contributed by atoms with van der Waals surface area (Å²) in [6.45, 7) is 16.0. The van der Waals surface area contributed by atoms with Crippen LogP contribution in [0.15, 0.2) is 0 Å². The first-order valence-corrected chi connectivity index (χ1v) is 7.67. The molecule has 0 unspecified atom stereocenters. The second kappa shape index (κ2) is 5.01. The van der Waals surface area contributed by atoms with Crippen molar-refractivity contribution in [3.63, 3.8) is 0 Å². The van der Waals surface area contributed by atoms with E-state index in [9.17, 15) is 0 Å². The van der Waals surface area contributed by atoms with Crippen LogP contribution in [0.3, 0.4) is 0 Å². The van der Waals surface area contributed by atoms with E-state index in [4.69, 9.17) is 9.47 Å². The number of ether oxygens (including phenoxy) is 2. The highest BCUT2D eigenvalue weighted by molar-refractivity contribution is 5.04. The summed E-state index contributed by atoms with van der Waals surface area (Å²) in [4.78, 5) is 2.61. The van der Waals surface area contributed by atoms with Crippen LogP contribution in [0.4, 0.5) is 0 Å². The van der Waals surface area contributed by atoms with E-state index in [0.717, 1.165) is 19.6 Å². The largest absolute Gasteiger partial charge is 0.374 e. The number of nitrogens with zero attached hydrogens (tertiary/aromatic N) is 1. The van der Waals surface area contributed by atoms with Gasteiger partial charge >= 0.3 is 0 Å². The molecular weight excluding hydrogens is 238 g/mol. The number of fused-ring (bicyclic) bond motifs is 1. The average molecular weight is 269 g/mol. The Morgan fingerprint density at radius 3 is 2.37 bits per heavy atom. The number of hydrogen-bond acceptors (Lipinski definition) is 3. The molecule has 2 aliphatic rings. The highest BCUT2D eigenvalue weighted by Crippen LogP contribution is 2.41. The molecule has 0 amide bonds. The molecule has 0 N–H and O–H groups in total. The van der Waals surface area contributed by atoms with Gasteiger partial charge in [0.2, 0.25) is 0 Å². The quantitative estimate of drug-likeness (QED) is 0.785. The van der Waals surface area contributed by atoms with Crippen molar-refractivity contribution in [1.29, 1.82) is 0 Å². The molecule has 0 aliphatic carbocycles. The number of hydrogen-bond donors (Lipinski definition) is 0. The summed E-state index contributed by atoms with van der Waals surface area (Å²) in [5.41, 5.74) is 0.145. The van der Waals surface area contributed by atoms with Gasteiger partial charge in [-0.05, 0) is 67.3 Å². The minimum atomic E-state index is -0.0496. The van der Waals surface area contributed by atoms with Crippen molar-refractivity contribution in [2.45, 2.75) is 83.6 Å². The van der Waals surface area contributed by atoms with Gasteiger partial charge in [0.1, 0.15) is 0 Å². The topological polar surface area (TPSA) is 21.7 Å². The molecule has 0 radical (unpaired) electrons. The molecule has 2 atom stereocenters. The van der Waals surface area contributed by atoms with Crippen LogP contribution in [0.1, 0.15) is 60.8 Å². The summed E-state index contributed by atoms with van der Waals surface area (Å²) in [7, 11) is 0. The van der Waals surface area contributed by atoms with Crippen molar-refractivity contribution in [2.75, 3.05) is 19.7 Å². The molecule has 0 bridgehead atoms. The smallest absolute Gasteiger partial charge is 0.0727 e. The first kappa shape index (κ1) is 15.3. The highest BCUT2D eigenvalue weighted by Gasteiger charge is 2.50. The molecule has 0 spiro atoms. The standard InChI is InChI=1S/C16H31NO2/c1-14(2,3)18-12-16-8-7-9-17(16)11-13(10-16)19-15(4,5)6/h13H,7-12H2,1-6H3/t13-,16-/m0/s1. The molecule has 0 saturated carbocycles. The Hall–Kier alpha value is -0.120. The van der Waals surface area contributed by atoms with Crippen LogP contribution in [0, 0.1) is 0 Å². The van der Waals surface area contributed by atoms with E-state index in [-0.39, 0.29) is 16.7 Å². The summed E-state index contributed by atoms with van der Waals surface area (Å²) in [5, 5.41) is 0. The minimum Gasteiger partial charge on any atom is -0.374 e. The molecule has 19 heavy (non-hydrogen) atoms. The molecule has 2 aliphatic heterocycles. The zero-order valence-electron chi connectivity index (χ0n) is 13.6.